The zero-order chi connectivity index (χ0) is 13.5. The fourth-order valence-corrected chi connectivity index (χ4v) is 2.24. The van der Waals surface area contributed by atoms with Crippen molar-refractivity contribution in [1.29, 1.82) is 0 Å². The van der Waals surface area contributed by atoms with Crippen LogP contribution in [0, 0.1) is 0 Å². The number of benzene rings is 2. The topological polar surface area (TPSA) is 9.23 Å². The zero-order valence-corrected chi connectivity index (χ0v) is 11.9. The molecule has 0 amide bonds. The average molecular weight is 254 g/mol. The van der Waals surface area contributed by atoms with E-state index in [1.165, 1.54) is 11.1 Å². The molecule has 100 valence electrons. The van der Waals surface area contributed by atoms with E-state index in [1.54, 1.807) is 0 Å². The van der Waals surface area contributed by atoms with Crippen LogP contribution in [0.4, 0.5) is 0 Å². The van der Waals surface area contributed by atoms with Crippen LogP contribution in [-0.2, 0) is 12.8 Å². The molecule has 1 nitrogen and oxygen atoms in total. The lowest BCUT2D eigenvalue weighted by atomic mass is 10.1. The number of aryl methyl sites for hydroxylation is 2. The molecule has 0 radical (unpaired) electrons. The first-order valence-electron chi connectivity index (χ1n) is 7.17. The monoisotopic (exact) mass is 254 g/mol. The van der Waals surface area contributed by atoms with E-state index in [9.17, 15) is 0 Å². The Labute approximate surface area is 116 Å². The third-order valence-electron chi connectivity index (χ3n) is 3.11. The zero-order valence-electron chi connectivity index (χ0n) is 11.9. The van der Waals surface area contributed by atoms with E-state index < -0.39 is 0 Å². The van der Waals surface area contributed by atoms with E-state index >= 15 is 0 Å². The number of ether oxygens (including phenoxy) is 1. The molecule has 0 saturated heterocycles. The molecule has 2 aromatic carbocycles. The Morgan fingerprint density at radius 1 is 0.737 bits per heavy atom. The summed E-state index contributed by atoms with van der Waals surface area (Å²) in [5.74, 6) is 1.86. The molecule has 0 bridgehead atoms. The van der Waals surface area contributed by atoms with Gasteiger partial charge in [-0.3, -0.25) is 0 Å². The molecule has 0 N–H and O–H groups in total. The summed E-state index contributed by atoms with van der Waals surface area (Å²) in [4.78, 5) is 0. The lowest BCUT2D eigenvalue weighted by Gasteiger charge is -2.08. The summed E-state index contributed by atoms with van der Waals surface area (Å²) < 4.78 is 5.95. The summed E-state index contributed by atoms with van der Waals surface area (Å²) in [5, 5.41) is 0. The van der Waals surface area contributed by atoms with Crippen LogP contribution >= 0.6 is 0 Å². The second-order valence-corrected chi connectivity index (χ2v) is 4.90. The molecular formula is C18H22O. The molecule has 0 saturated carbocycles. The molecule has 2 rings (SSSR count). The van der Waals surface area contributed by atoms with Crippen LogP contribution in [-0.4, -0.2) is 0 Å². The summed E-state index contributed by atoms with van der Waals surface area (Å²) in [6.07, 6.45) is 4.53. The van der Waals surface area contributed by atoms with Gasteiger partial charge in [0.05, 0.1) is 0 Å². The Balaban J connectivity index is 2.11. The van der Waals surface area contributed by atoms with Gasteiger partial charge in [-0.15, -0.1) is 0 Å². The van der Waals surface area contributed by atoms with Gasteiger partial charge >= 0.3 is 0 Å². The summed E-state index contributed by atoms with van der Waals surface area (Å²) in [5.41, 5.74) is 2.68. The first-order chi connectivity index (χ1) is 9.31. The molecule has 0 unspecified atom stereocenters. The van der Waals surface area contributed by atoms with Gasteiger partial charge in [0.2, 0.25) is 0 Å². The fraction of sp³-hybridized carbons (Fsp3) is 0.333. The molecule has 0 atom stereocenters. The Morgan fingerprint density at radius 2 is 1.21 bits per heavy atom. The summed E-state index contributed by atoms with van der Waals surface area (Å²) in [6.45, 7) is 4.39. The summed E-state index contributed by atoms with van der Waals surface area (Å²) in [7, 11) is 0. The van der Waals surface area contributed by atoms with Gasteiger partial charge in [-0.25, -0.2) is 0 Å². The smallest absolute Gasteiger partial charge is 0.127 e. The Morgan fingerprint density at radius 3 is 1.63 bits per heavy atom. The minimum Gasteiger partial charge on any atom is -0.457 e. The van der Waals surface area contributed by atoms with E-state index in [4.69, 9.17) is 4.74 Å². The average Bonchev–Trinajstić information content (AvgIpc) is 2.40. The van der Waals surface area contributed by atoms with Crippen LogP contribution in [0.15, 0.2) is 48.5 Å². The van der Waals surface area contributed by atoms with Crippen molar-refractivity contribution >= 4 is 0 Å². The van der Waals surface area contributed by atoms with Crippen LogP contribution < -0.4 is 4.74 Å². The van der Waals surface area contributed by atoms with Crippen LogP contribution in [0.3, 0.4) is 0 Å². The van der Waals surface area contributed by atoms with Gasteiger partial charge in [-0.2, -0.15) is 0 Å². The maximum Gasteiger partial charge on any atom is 0.127 e. The first kappa shape index (κ1) is 13.7. The highest BCUT2D eigenvalue weighted by atomic mass is 16.5. The standard InChI is InChI=1S/C18H22O/c1-3-7-15-9-5-11-17(13-15)19-18-12-6-10-16(14-18)8-4-2/h5-6,9-14H,3-4,7-8H2,1-2H3. The molecule has 0 fully saturated rings. The van der Waals surface area contributed by atoms with Crippen molar-refractivity contribution in [2.45, 2.75) is 39.5 Å². The van der Waals surface area contributed by atoms with E-state index in [0.717, 1.165) is 37.2 Å². The fourth-order valence-electron chi connectivity index (χ4n) is 2.24. The van der Waals surface area contributed by atoms with Crippen molar-refractivity contribution in [2.24, 2.45) is 0 Å². The maximum absolute atomic E-state index is 5.95. The van der Waals surface area contributed by atoms with Gasteiger partial charge in [0.15, 0.2) is 0 Å². The summed E-state index contributed by atoms with van der Waals surface area (Å²) >= 11 is 0. The Bertz CT molecular complexity index is 469. The minimum absolute atomic E-state index is 0.930. The second-order valence-electron chi connectivity index (χ2n) is 4.90. The lowest BCUT2D eigenvalue weighted by Crippen LogP contribution is -1.89. The van der Waals surface area contributed by atoms with Crippen molar-refractivity contribution in [3.05, 3.63) is 59.7 Å². The van der Waals surface area contributed by atoms with Gasteiger partial charge in [-0.1, -0.05) is 51.0 Å². The third-order valence-corrected chi connectivity index (χ3v) is 3.11. The first-order valence-corrected chi connectivity index (χ1v) is 7.17. The summed E-state index contributed by atoms with van der Waals surface area (Å²) in [6, 6.07) is 16.8. The quantitative estimate of drug-likeness (QED) is 0.672. The largest absolute Gasteiger partial charge is 0.457 e. The van der Waals surface area contributed by atoms with Crippen molar-refractivity contribution < 1.29 is 4.74 Å². The number of hydrogen-bond acceptors (Lipinski definition) is 1. The van der Waals surface area contributed by atoms with Crippen LogP contribution in [0.1, 0.15) is 37.8 Å². The minimum atomic E-state index is 0.930. The predicted octanol–water partition coefficient (Wildman–Crippen LogP) is 5.38. The number of hydrogen-bond donors (Lipinski definition) is 0. The highest BCUT2D eigenvalue weighted by molar-refractivity contribution is 5.36. The highest BCUT2D eigenvalue weighted by Gasteiger charge is 2.00. The molecule has 0 aliphatic rings. The second kappa shape index (κ2) is 6.98. The van der Waals surface area contributed by atoms with Gasteiger partial charge in [0.1, 0.15) is 11.5 Å². The molecule has 0 heterocycles. The van der Waals surface area contributed by atoms with Crippen molar-refractivity contribution in [2.75, 3.05) is 0 Å². The molecule has 0 spiro atoms. The van der Waals surface area contributed by atoms with Crippen LogP contribution in [0.2, 0.25) is 0 Å². The molecule has 0 aliphatic heterocycles. The molecule has 0 aromatic heterocycles. The molecule has 2 aromatic rings. The lowest BCUT2D eigenvalue weighted by molar-refractivity contribution is 0.481. The highest BCUT2D eigenvalue weighted by Crippen LogP contribution is 2.24. The molecule has 19 heavy (non-hydrogen) atoms. The molecular weight excluding hydrogens is 232 g/mol. The van der Waals surface area contributed by atoms with E-state index in [-0.39, 0.29) is 0 Å². The van der Waals surface area contributed by atoms with Crippen molar-refractivity contribution in [3.8, 4) is 11.5 Å². The Hall–Kier alpha value is -1.76. The van der Waals surface area contributed by atoms with E-state index in [1.807, 2.05) is 12.1 Å². The predicted molar refractivity (Wildman–Crippen MR) is 80.9 cm³/mol. The molecule has 1 heteroatoms. The van der Waals surface area contributed by atoms with Gasteiger partial charge < -0.3 is 4.74 Å². The van der Waals surface area contributed by atoms with Crippen LogP contribution in [0.25, 0.3) is 0 Å². The van der Waals surface area contributed by atoms with E-state index in [2.05, 4.69) is 50.2 Å². The number of rotatable bonds is 6. The van der Waals surface area contributed by atoms with E-state index in [0.29, 0.717) is 0 Å². The molecule has 0 aliphatic carbocycles. The SMILES string of the molecule is CCCc1cccc(Oc2cccc(CCC)c2)c1. The maximum atomic E-state index is 5.95. The normalized spacial score (nSPS) is 10.4. The Kier molecular flexibility index (Phi) is 5.02. The van der Waals surface area contributed by atoms with Crippen molar-refractivity contribution in [1.82, 2.24) is 0 Å². The van der Waals surface area contributed by atoms with Gasteiger partial charge in [0, 0.05) is 0 Å². The van der Waals surface area contributed by atoms with Gasteiger partial charge in [-0.05, 0) is 48.2 Å². The van der Waals surface area contributed by atoms with Gasteiger partial charge in [0.25, 0.3) is 0 Å². The third kappa shape index (κ3) is 4.13. The van der Waals surface area contributed by atoms with Crippen LogP contribution in [0.5, 0.6) is 11.5 Å². The van der Waals surface area contributed by atoms with Crippen molar-refractivity contribution in [3.63, 3.8) is 0 Å².